The van der Waals surface area contributed by atoms with E-state index < -0.39 is 11.4 Å². The molecule has 0 radical (unpaired) electrons. The average molecular weight is 592 g/mol. The van der Waals surface area contributed by atoms with Crippen molar-refractivity contribution in [2.75, 3.05) is 39.8 Å². The largest absolute Gasteiger partial charge is 0.444 e. The van der Waals surface area contributed by atoms with Gasteiger partial charge in [-0.15, -0.1) is 0 Å². The highest BCUT2D eigenvalue weighted by atomic mass is 19.1. The highest BCUT2D eigenvalue weighted by Crippen LogP contribution is 2.33. The molecule has 43 heavy (non-hydrogen) atoms. The fourth-order valence-corrected chi connectivity index (χ4v) is 6.32. The second-order valence-corrected chi connectivity index (χ2v) is 13.7. The molecule has 0 unspecified atom stereocenters. The Morgan fingerprint density at radius 1 is 1.12 bits per heavy atom. The molecule has 0 N–H and O–H groups in total. The number of likely N-dealkylation sites (tertiary alicyclic amines) is 2. The lowest BCUT2D eigenvalue weighted by atomic mass is 9.89. The number of rotatable bonds is 7. The number of aryl methyl sites for hydroxylation is 1. The summed E-state index contributed by atoms with van der Waals surface area (Å²) in [5.41, 5.74) is 3.81. The molecule has 1 aromatic carbocycles. The Morgan fingerprint density at radius 3 is 2.47 bits per heavy atom. The van der Waals surface area contributed by atoms with Crippen molar-refractivity contribution in [3.05, 3.63) is 59.3 Å². The van der Waals surface area contributed by atoms with E-state index in [2.05, 4.69) is 23.0 Å². The number of hydrogen-bond donors (Lipinski definition) is 0. The number of amides is 2. The van der Waals surface area contributed by atoms with E-state index in [0.29, 0.717) is 23.1 Å². The number of carbonyl (C=O) groups excluding carboxylic acids is 2. The number of pyridine rings is 1. The van der Waals surface area contributed by atoms with Crippen LogP contribution in [0.5, 0.6) is 0 Å². The summed E-state index contributed by atoms with van der Waals surface area (Å²) in [5.74, 6) is 0.409. The van der Waals surface area contributed by atoms with E-state index in [4.69, 9.17) is 4.74 Å². The fourth-order valence-electron chi connectivity index (χ4n) is 6.32. The van der Waals surface area contributed by atoms with Gasteiger partial charge in [-0.05, 0) is 109 Å². The molecule has 3 aromatic rings. The summed E-state index contributed by atoms with van der Waals surface area (Å²) in [6.45, 7) is 16.3. The van der Waals surface area contributed by atoms with Gasteiger partial charge in [0, 0.05) is 56.4 Å². The monoisotopic (exact) mass is 591 g/mol. The van der Waals surface area contributed by atoms with Crippen molar-refractivity contribution in [3.8, 4) is 5.69 Å². The first kappa shape index (κ1) is 31.0. The number of ether oxygens (including phenoxy) is 1. The second kappa shape index (κ2) is 12.3. The van der Waals surface area contributed by atoms with Crippen molar-refractivity contribution < 1.29 is 18.7 Å². The summed E-state index contributed by atoms with van der Waals surface area (Å²) < 4.78 is 21.9. The van der Waals surface area contributed by atoms with Gasteiger partial charge in [0.25, 0.3) is 5.91 Å². The molecule has 0 bridgehead atoms. The van der Waals surface area contributed by atoms with Crippen LogP contribution in [0.4, 0.5) is 9.18 Å². The summed E-state index contributed by atoms with van der Waals surface area (Å²) in [7, 11) is 1.75. The molecule has 2 aromatic heterocycles. The number of fused-ring (bicyclic) bond motifs is 1. The minimum absolute atomic E-state index is 0.0106. The van der Waals surface area contributed by atoms with Crippen LogP contribution in [0, 0.1) is 24.6 Å². The molecular weight excluding hydrogens is 545 g/mol. The summed E-state index contributed by atoms with van der Waals surface area (Å²) in [6.07, 6.45) is 8.81. The van der Waals surface area contributed by atoms with Crippen molar-refractivity contribution >= 4 is 22.9 Å². The summed E-state index contributed by atoms with van der Waals surface area (Å²) in [6, 6.07) is 4.45. The molecule has 9 heteroatoms. The molecule has 2 amide bonds. The van der Waals surface area contributed by atoms with Gasteiger partial charge in [0.2, 0.25) is 0 Å². The molecule has 4 heterocycles. The van der Waals surface area contributed by atoms with Crippen LogP contribution >= 0.6 is 0 Å². The molecule has 2 aliphatic rings. The van der Waals surface area contributed by atoms with Crippen molar-refractivity contribution in [1.82, 2.24) is 24.3 Å². The number of aromatic nitrogens is 2. The first-order valence-corrected chi connectivity index (χ1v) is 15.5. The van der Waals surface area contributed by atoms with Gasteiger partial charge in [0.15, 0.2) is 0 Å². The van der Waals surface area contributed by atoms with Crippen LogP contribution in [0.3, 0.4) is 0 Å². The van der Waals surface area contributed by atoms with Crippen LogP contribution in [0.25, 0.3) is 16.6 Å². The highest BCUT2D eigenvalue weighted by Gasteiger charge is 2.35. The lowest BCUT2D eigenvalue weighted by Gasteiger charge is -2.43. The van der Waals surface area contributed by atoms with Gasteiger partial charge in [-0.1, -0.05) is 0 Å². The number of piperidine rings is 1. The third-order valence-corrected chi connectivity index (χ3v) is 8.87. The van der Waals surface area contributed by atoms with Crippen molar-refractivity contribution in [2.45, 2.75) is 72.4 Å². The molecule has 0 aliphatic carbocycles. The molecule has 2 aliphatic heterocycles. The fraction of sp³-hybridized carbons (Fsp3) is 0.559. The van der Waals surface area contributed by atoms with Crippen molar-refractivity contribution in [1.29, 1.82) is 0 Å². The lowest BCUT2D eigenvalue weighted by molar-refractivity contribution is -0.00804. The smallest absolute Gasteiger partial charge is 0.410 e. The first-order valence-electron chi connectivity index (χ1n) is 15.5. The van der Waals surface area contributed by atoms with Gasteiger partial charge in [-0.25, -0.2) is 9.18 Å². The van der Waals surface area contributed by atoms with E-state index in [-0.39, 0.29) is 18.0 Å². The van der Waals surface area contributed by atoms with Gasteiger partial charge in [0.05, 0.1) is 23.0 Å². The van der Waals surface area contributed by atoms with E-state index in [9.17, 15) is 14.0 Å². The van der Waals surface area contributed by atoms with E-state index in [0.717, 1.165) is 68.5 Å². The minimum atomic E-state index is -0.464. The highest BCUT2D eigenvalue weighted by molar-refractivity contribution is 5.99. The zero-order valence-electron chi connectivity index (χ0n) is 26.7. The predicted octanol–water partition coefficient (Wildman–Crippen LogP) is 6.07. The van der Waals surface area contributed by atoms with Gasteiger partial charge in [0.1, 0.15) is 11.4 Å². The van der Waals surface area contributed by atoms with E-state index in [1.807, 2.05) is 51.6 Å². The zero-order chi connectivity index (χ0) is 31.1. The maximum absolute atomic E-state index is 14.4. The van der Waals surface area contributed by atoms with E-state index >= 15 is 0 Å². The minimum Gasteiger partial charge on any atom is -0.444 e. The Morgan fingerprint density at radius 2 is 1.81 bits per heavy atom. The Kier molecular flexibility index (Phi) is 8.84. The molecule has 0 atom stereocenters. The van der Waals surface area contributed by atoms with Gasteiger partial charge < -0.3 is 24.0 Å². The maximum atomic E-state index is 14.4. The molecule has 2 fully saturated rings. The Labute approximate surface area is 254 Å². The van der Waals surface area contributed by atoms with Crippen LogP contribution in [-0.4, -0.2) is 87.7 Å². The Balaban J connectivity index is 1.28. The molecule has 0 saturated carbocycles. The molecule has 8 nitrogen and oxygen atoms in total. The number of benzene rings is 1. The predicted molar refractivity (Wildman–Crippen MR) is 167 cm³/mol. The SMILES string of the molecule is Cc1cncc2c1c(CC1CCN(CC3CN(C(=O)OC(C)(C)C)C3)CC1)cn2-c1ccc(F)cc1C(=O)N(C)C(C)C. The molecular formula is C34H46FN5O3. The number of nitrogens with zero attached hydrogens (tertiary/aromatic N) is 5. The van der Waals surface area contributed by atoms with Gasteiger partial charge in [-0.2, -0.15) is 0 Å². The van der Waals surface area contributed by atoms with E-state index in [1.54, 1.807) is 22.9 Å². The van der Waals surface area contributed by atoms with Crippen LogP contribution in [0.1, 0.15) is 68.9 Å². The van der Waals surface area contributed by atoms with Crippen molar-refractivity contribution in [3.63, 3.8) is 0 Å². The number of hydrogen-bond acceptors (Lipinski definition) is 5. The topological polar surface area (TPSA) is 70.9 Å². The Bertz CT molecular complexity index is 1480. The van der Waals surface area contributed by atoms with Gasteiger partial charge in [-0.3, -0.25) is 9.78 Å². The second-order valence-electron chi connectivity index (χ2n) is 13.7. The lowest BCUT2D eigenvalue weighted by Crippen LogP contribution is -2.55. The third-order valence-electron chi connectivity index (χ3n) is 8.87. The van der Waals surface area contributed by atoms with Crippen LogP contribution in [-0.2, 0) is 11.2 Å². The normalized spacial score (nSPS) is 17.0. The Hall–Kier alpha value is -3.46. The van der Waals surface area contributed by atoms with Gasteiger partial charge >= 0.3 is 6.09 Å². The zero-order valence-corrected chi connectivity index (χ0v) is 26.7. The van der Waals surface area contributed by atoms with E-state index in [1.165, 1.54) is 17.7 Å². The summed E-state index contributed by atoms with van der Waals surface area (Å²) >= 11 is 0. The van der Waals surface area contributed by atoms with Crippen LogP contribution in [0.2, 0.25) is 0 Å². The molecule has 232 valence electrons. The quantitative estimate of drug-likeness (QED) is 0.333. The molecule has 2 saturated heterocycles. The number of halogens is 1. The number of carbonyl (C=O) groups is 2. The molecule has 0 spiro atoms. The summed E-state index contributed by atoms with van der Waals surface area (Å²) in [5, 5.41) is 1.16. The first-order chi connectivity index (χ1) is 20.3. The van der Waals surface area contributed by atoms with Crippen LogP contribution < -0.4 is 0 Å². The average Bonchev–Trinajstić information content (AvgIpc) is 3.28. The standard InChI is InChI=1S/C34H46FN5O3/c1-22(2)37(7)32(41)28-15-27(35)8-9-29(28)40-21-26(31-23(3)16-36-17-30(31)40)14-24-10-12-38(13-11-24)18-25-19-39(20-25)33(42)43-34(4,5)6/h8-9,15-17,21-22,24-25H,10-14,18-20H2,1-7H3. The third kappa shape index (κ3) is 6.87. The summed E-state index contributed by atoms with van der Waals surface area (Å²) in [4.78, 5) is 36.1. The maximum Gasteiger partial charge on any atom is 0.410 e. The van der Waals surface area contributed by atoms with Crippen LogP contribution in [0.15, 0.2) is 36.8 Å². The molecule has 5 rings (SSSR count). The van der Waals surface area contributed by atoms with Crippen molar-refractivity contribution in [2.24, 2.45) is 11.8 Å².